The molecule has 0 bridgehead atoms. The number of H-pyrrole nitrogens is 1. The van der Waals surface area contributed by atoms with Gasteiger partial charge in [0.05, 0.1) is 7.11 Å². The van der Waals surface area contributed by atoms with Gasteiger partial charge in [-0.25, -0.2) is 0 Å². The van der Waals surface area contributed by atoms with Gasteiger partial charge in [0.25, 0.3) is 0 Å². The Morgan fingerprint density at radius 1 is 1.37 bits per heavy atom. The second-order valence-electron chi connectivity index (χ2n) is 5.50. The van der Waals surface area contributed by atoms with Crippen LogP contribution < -0.4 is 10.5 Å². The fourth-order valence-corrected chi connectivity index (χ4v) is 2.25. The van der Waals surface area contributed by atoms with Crippen LogP contribution in [0.15, 0.2) is 24.4 Å². The summed E-state index contributed by atoms with van der Waals surface area (Å²) < 4.78 is 5.30. The fourth-order valence-electron chi connectivity index (χ4n) is 2.25. The van der Waals surface area contributed by atoms with Crippen molar-refractivity contribution in [3.63, 3.8) is 0 Å². The van der Waals surface area contributed by atoms with Gasteiger partial charge >= 0.3 is 0 Å². The lowest BCUT2D eigenvalue weighted by Crippen LogP contribution is -2.49. The van der Waals surface area contributed by atoms with Crippen molar-refractivity contribution in [2.45, 2.75) is 18.9 Å². The molecular weight excluding hydrogens is 238 g/mol. The van der Waals surface area contributed by atoms with Gasteiger partial charge in [-0.15, -0.1) is 0 Å². The predicted molar refractivity (Wildman–Crippen MR) is 79.7 cm³/mol. The Labute approximate surface area is 114 Å². The molecule has 0 saturated heterocycles. The third kappa shape index (κ3) is 2.60. The number of nitrogens with zero attached hydrogens (tertiary/aromatic N) is 1. The third-order valence-corrected chi connectivity index (χ3v) is 4.07. The summed E-state index contributed by atoms with van der Waals surface area (Å²) in [4.78, 5) is 5.50. The summed E-state index contributed by atoms with van der Waals surface area (Å²) in [5, 5.41) is 1.21. The highest BCUT2D eigenvalue weighted by Crippen LogP contribution is 2.27. The summed E-state index contributed by atoms with van der Waals surface area (Å²) in [6.07, 6.45) is 2.98. The number of rotatable bonds is 5. The van der Waals surface area contributed by atoms with E-state index in [9.17, 15) is 0 Å². The smallest absolute Gasteiger partial charge is 0.119 e. The van der Waals surface area contributed by atoms with Gasteiger partial charge in [0, 0.05) is 29.2 Å². The summed E-state index contributed by atoms with van der Waals surface area (Å²) in [5.41, 5.74) is 8.31. The fraction of sp³-hybridized carbons (Fsp3) is 0.467. The molecule has 104 valence electrons. The highest BCUT2D eigenvalue weighted by atomic mass is 16.5. The second-order valence-corrected chi connectivity index (χ2v) is 5.50. The quantitative estimate of drug-likeness (QED) is 0.865. The lowest BCUT2D eigenvalue weighted by atomic mass is 9.91. The number of aromatic nitrogens is 1. The Kier molecular flexibility index (Phi) is 3.83. The van der Waals surface area contributed by atoms with Crippen molar-refractivity contribution in [1.82, 2.24) is 9.88 Å². The van der Waals surface area contributed by atoms with Gasteiger partial charge in [0.1, 0.15) is 5.75 Å². The zero-order valence-corrected chi connectivity index (χ0v) is 12.2. The summed E-state index contributed by atoms with van der Waals surface area (Å²) in [5.74, 6) is 0.882. The van der Waals surface area contributed by atoms with Crippen molar-refractivity contribution in [1.29, 1.82) is 0 Å². The van der Waals surface area contributed by atoms with Crippen molar-refractivity contribution >= 4 is 10.9 Å². The van der Waals surface area contributed by atoms with Crippen molar-refractivity contribution in [2.24, 2.45) is 5.73 Å². The molecule has 2 rings (SSSR count). The summed E-state index contributed by atoms with van der Waals surface area (Å²) in [6.45, 7) is 2.81. The Morgan fingerprint density at radius 3 is 2.68 bits per heavy atom. The van der Waals surface area contributed by atoms with Gasteiger partial charge in [-0.05, 0) is 51.2 Å². The molecule has 0 aliphatic rings. The van der Waals surface area contributed by atoms with E-state index in [0.29, 0.717) is 6.54 Å². The summed E-state index contributed by atoms with van der Waals surface area (Å²) in [7, 11) is 5.84. The van der Waals surface area contributed by atoms with Crippen molar-refractivity contribution in [3.8, 4) is 5.75 Å². The van der Waals surface area contributed by atoms with Crippen LogP contribution in [0, 0.1) is 0 Å². The van der Waals surface area contributed by atoms with Gasteiger partial charge in [-0.1, -0.05) is 0 Å². The van der Waals surface area contributed by atoms with Crippen molar-refractivity contribution < 1.29 is 4.74 Å². The molecule has 0 aliphatic heterocycles. The van der Waals surface area contributed by atoms with Gasteiger partial charge < -0.3 is 20.4 Å². The number of nitrogens with two attached hydrogens (primary N) is 1. The highest BCUT2D eigenvalue weighted by molar-refractivity contribution is 5.84. The van der Waals surface area contributed by atoms with Crippen LogP contribution in [0.3, 0.4) is 0 Å². The summed E-state index contributed by atoms with van der Waals surface area (Å²) >= 11 is 0. The maximum Gasteiger partial charge on any atom is 0.119 e. The van der Waals surface area contributed by atoms with Crippen LogP contribution in [0.25, 0.3) is 10.9 Å². The molecule has 1 aromatic carbocycles. The van der Waals surface area contributed by atoms with Crippen LogP contribution in [0.1, 0.15) is 12.5 Å². The molecule has 0 amide bonds. The minimum absolute atomic E-state index is 0.0435. The molecule has 1 unspecified atom stereocenters. The van der Waals surface area contributed by atoms with Crippen LogP contribution in [-0.4, -0.2) is 43.2 Å². The van der Waals surface area contributed by atoms with Crippen LogP contribution in [0.5, 0.6) is 5.75 Å². The largest absolute Gasteiger partial charge is 0.497 e. The van der Waals surface area contributed by atoms with E-state index in [4.69, 9.17) is 10.5 Å². The summed E-state index contributed by atoms with van der Waals surface area (Å²) in [6, 6.07) is 6.09. The molecule has 4 heteroatoms. The number of likely N-dealkylation sites (N-methyl/N-ethyl adjacent to an activating group) is 1. The van der Waals surface area contributed by atoms with E-state index >= 15 is 0 Å². The molecule has 0 aliphatic carbocycles. The number of hydrogen-bond acceptors (Lipinski definition) is 3. The number of nitrogens with one attached hydrogen (secondary N) is 1. The average molecular weight is 261 g/mol. The van der Waals surface area contributed by atoms with E-state index in [0.717, 1.165) is 17.7 Å². The van der Waals surface area contributed by atoms with Crippen LogP contribution in [-0.2, 0) is 6.42 Å². The minimum atomic E-state index is -0.0435. The Balaban J connectivity index is 2.40. The average Bonchev–Trinajstić information content (AvgIpc) is 2.80. The Bertz CT molecular complexity index is 562. The van der Waals surface area contributed by atoms with Gasteiger partial charge in [-0.3, -0.25) is 0 Å². The molecule has 0 saturated carbocycles. The normalized spacial score (nSPS) is 14.8. The Hall–Kier alpha value is -1.52. The first kappa shape index (κ1) is 13.9. The molecule has 1 atom stereocenters. The number of fused-ring (bicyclic) bond motifs is 1. The topological polar surface area (TPSA) is 54.3 Å². The molecule has 0 fully saturated rings. The molecule has 0 spiro atoms. The number of hydrogen-bond donors (Lipinski definition) is 2. The van der Waals surface area contributed by atoms with Gasteiger partial charge in [0.15, 0.2) is 0 Å². The van der Waals surface area contributed by atoms with E-state index in [-0.39, 0.29) is 5.54 Å². The molecule has 4 nitrogen and oxygen atoms in total. The third-order valence-electron chi connectivity index (χ3n) is 4.07. The van der Waals surface area contributed by atoms with E-state index in [1.807, 2.05) is 12.1 Å². The second kappa shape index (κ2) is 5.23. The highest BCUT2D eigenvalue weighted by Gasteiger charge is 2.26. The van der Waals surface area contributed by atoms with E-state index in [2.05, 4.69) is 43.2 Å². The van der Waals surface area contributed by atoms with Crippen LogP contribution >= 0.6 is 0 Å². The first-order valence-electron chi connectivity index (χ1n) is 6.51. The number of aromatic amines is 1. The molecule has 3 N–H and O–H groups in total. The Morgan fingerprint density at radius 2 is 2.11 bits per heavy atom. The van der Waals surface area contributed by atoms with Crippen LogP contribution in [0.4, 0.5) is 0 Å². The van der Waals surface area contributed by atoms with Gasteiger partial charge in [0.2, 0.25) is 0 Å². The first-order valence-corrected chi connectivity index (χ1v) is 6.51. The monoisotopic (exact) mass is 261 g/mol. The molecule has 19 heavy (non-hydrogen) atoms. The van der Waals surface area contributed by atoms with Gasteiger partial charge in [-0.2, -0.15) is 0 Å². The lowest BCUT2D eigenvalue weighted by Gasteiger charge is -2.35. The molecular formula is C15H23N3O. The predicted octanol–water partition coefficient (Wildman–Crippen LogP) is 2.00. The van der Waals surface area contributed by atoms with Crippen molar-refractivity contribution in [3.05, 3.63) is 30.0 Å². The zero-order chi connectivity index (χ0) is 14.0. The first-order chi connectivity index (χ1) is 9.00. The molecule has 1 aromatic heterocycles. The molecule has 0 radical (unpaired) electrons. The molecule has 2 aromatic rings. The SMILES string of the molecule is COc1ccc2[nH]cc(CC(C)(CN)N(C)C)c2c1. The van der Waals surface area contributed by atoms with Crippen LogP contribution in [0.2, 0.25) is 0 Å². The lowest BCUT2D eigenvalue weighted by molar-refractivity contribution is 0.181. The number of methoxy groups -OCH3 is 1. The number of ether oxygens (including phenoxy) is 1. The van der Waals surface area contributed by atoms with E-state index in [1.54, 1.807) is 7.11 Å². The maximum atomic E-state index is 5.95. The maximum absolute atomic E-state index is 5.95. The van der Waals surface area contributed by atoms with E-state index < -0.39 is 0 Å². The standard InChI is InChI=1S/C15H23N3O/c1-15(10-16,18(2)3)8-11-9-17-14-6-5-12(19-4)7-13(11)14/h5-7,9,17H,8,10,16H2,1-4H3. The zero-order valence-electron chi connectivity index (χ0n) is 12.2. The molecule has 1 heterocycles. The van der Waals surface area contributed by atoms with E-state index in [1.165, 1.54) is 10.9 Å². The minimum Gasteiger partial charge on any atom is -0.497 e. The van der Waals surface area contributed by atoms with Crippen molar-refractivity contribution in [2.75, 3.05) is 27.7 Å². The number of benzene rings is 1.